The molecule has 80 valence electrons. The highest BCUT2D eigenvalue weighted by Gasteiger charge is 2.07. The van der Waals surface area contributed by atoms with Crippen molar-refractivity contribution in [3.05, 3.63) is 34.1 Å². The van der Waals surface area contributed by atoms with Crippen molar-refractivity contribution >= 4 is 11.6 Å². The van der Waals surface area contributed by atoms with Crippen LogP contribution in [-0.4, -0.2) is 18.5 Å². The van der Waals surface area contributed by atoms with E-state index in [0.29, 0.717) is 29.2 Å². The summed E-state index contributed by atoms with van der Waals surface area (Å²) in [4.78, 5) is 1.77. The minimum absolute atomic E-state index is 0.264. The van der Waals surface area contributed by atoms with Crippen molar-refractivity contribution in [2.24, 2.45) is 0 Å². The van der Waals surface area contributed by atoms with Crippen LogP contribution in [0.5, 0.6) is 0 Å². The van der Waals surface area contributed by atoms with Gasteiger partial charge in [-0.15, -0.1) is 0 Å². The molecule has 0 atom stereocenters. The lowest BCUT2D eigenvalue weighted by Gasteiger charge is -2.14. The zero-order chi connectivity index (χ0) is 11.4. The normalized spacial score (nSPS) is 10.4. The minimum atomic E-state index is -0.264. The number of nitriles is 1. The van der Waals surface area contributed by atoms with Crippen LogP contribution in [0, 0.1) is 24.1 Å². The van der Waals surface area contributed by atoms with Gasteiger partial charge < -0.3 is 0 Å². The second-order valence-electron chi connectivity index (χ2n) is 3.52. The van der Waals surface area contributed by atoms with Gasteiger partial charge in [-0.25, -0.2) is 4.39 Å². The van der Waals surface area contributed by atoms with Gasteiger partial charge in [0.05, 0.1) is 12.6 Å². The molecule has 0 amide bonds. The van der Waals surface area contributed by atoms with E-state index in [4.69, 9.17) is 16.9 Å². The van der Waals surface area contributed by atoms with E-state index < -0.39 is 0 Å². The molecule has 0 bridgehead atoms. The maximum atomic E-state index is 13.3. The number of halogens is 2. The van der Waals surface area contributed by atoms with Crippen LogP contribution < -0.4 is 0 Å². The summed E-state index contributed by atoms with van der Waals surface area (Å²) in [6.45, 7) is 2.44. The lowest BCUT2D eigenvalue weighted by Crippen LogP contribution is -2.18. The fraction of sp³-hybridized carbons (Fsp3) is 0.364. The number of hydrogen-bond donors (Lipinski definition) is 0. The molecule has 15 heavy (non-hydrogen) atoms. The van der Waals surface area contributed by atoms with E-state index in [-0.39, 0.29) is 5.82 Å². The largest absolute Gasteiger partial charge is 0.289 e. The Labute approximate surface area is 93.9 Å². The Kier molecular flexibility index (Phi) is 4.07. The van der Waals surface area contributed by atoms with Gasteiger partial charge in [0.15, 0.2) is 0 Å². The summed E-state index contributed by atoms with van der Waals surface area (Å²) in [5.41, 5.74) is 1.24. The lowest BCUT2D eigenvalue weighted by atomic mass is 10.1. The van der Waals surface area contributed by atoms with Gasteiger partial charge in [0, 0.05) is 11.6 Å². The molecule has 1 aromatic rings. The molecule has 0 saturated heterocycles. The number of aryl methyl sites for hydroxylation is 1. The first-order valence-corrected chi connectivity index (χ1v) is 4.92. The molecule has 0 aliphatic rings. The van der Waals surface area contributed by atoms with E-state index in [0.717, 1.165) is 0 Å². The molecule has 0 aromatic heterocycles. The molecule has 0 heterocycles. The van der Waals surface area contributed by atoms with Crippen molar-refractivity contribution in [3.8, 4) is 6.07 Å². The molecule has 0 saturated carbocycles. The highest BCUT2D eigenvalue weighted by atomic mass is 35.5. The van der Waals surface area contributed by atoms with E-state index in [1.807, 2.05) is 6.07 Å². The molecule has 4 heteroatoms. The van der Waals surface area contributed by atoms with Crippen LogP contribution in [0.15, 0.2) is 12.1 Å². The topological polar surface area (TPSA) is 27.0 Å². The van der Waals surface area contributed by atoms with Crippen molar-refractivity contribution in [1.29, 1.82) is 5.26 Å². The summed E-state index contributed by atoms with van der Waals surface area (Å²) in [5.74, 6) is -0.264. The van der Waals surface area contributed by atoms with Crippen LogP contribution in [0.3, 0.4) is 0 Å². The SMILES string of the molecule is Cc1cc(Cl)c(CN(C)CC#N)cc1F. The summed E-state index contributed by atoms with van der Waals surface area (Å²) in [6, 6.07) is 5.05. The standard InChI is InChI=1S/C11H12ClFN2/c1-8-5-10(12)9(6-11(8)13)7-15(2)4-3-14/h5-6H,4,7H2,1-2H3. The molecular formula is C11H12ClFN2. The Hall–Kier alpha value is -1.11. The van der Waals surface area contributed by atoms with Crippen LogP contribution in [0.2, 0.25) is 5.02 Å². The second-order valence-corrected chi connectivity index (χ2v) is 3.93. The fourth-order valence-electron chi connectivity index (χ4n) is 1.28. The number of benzene rings is 1. The monoisotopic (exact) mass is 226 g/mol. The van der Waals surface area contributed by atoms with Crippen molar-refractivity contribution in [2.45, 2.75) is 13.5 Å². The van der Waals surface area contributed by atoms with Gasteiger partial charge in [-0.2, -0.15) is 5.26 Å². The first-order valence-electron chi connectivity index (χ1n) is 4.54. The summed E-state index contributed by atoms with van der Waals surface area (Å²) >= 11 is 5.97. The van der Waals surface area contributed by atoms with Crippen molar-refractivity contribution in [2.75, 3.05) is 13.6 Å². The third kappa shape index (κ3) is 3.19. The Balaban J connectivity index is 2.87. The first kappa shape index (κ1) is 12.0. The van der Waals surface area contributed by atoms with E-state index >= 15 is 0 Å². The van der Waals surface area contributed by atoms with Crippen molar-refractivity contribution < 1.29 is 4.39 Å². The molecule has 0 radical (unpaired) electrons. The number of rotatable bonds is 3. The average Bonchev–Trinajstić information content (AvgIpc) is 2.14. The lowest BCUT2D eigenvalue weighted by molar-refractivity contribution is 0.366. The number of hydrogen-bond acceptors (Lipinski definition) is 2. The molecule has 2 nitrogen and oxygen atoms in total. The first-order chi connectivity index (χ1) is 7.04. The fourth-order valence-corrected chi connectivity index (χ4v) is 1.55. The van der Waals surface area contributed by atoms with Gasteiger partial charge in [-0.3, -0.25) is 4.90 Å². The number of nitrogens with zero attached hydrogens (tertiary/aromatic N) is 2. The van der Waals surface area contributed by atoms with Gasteiger partial charge in [0.2, 0.25) is 0 Å². The Bertz CT molecular complexity index is 398. The molecule has 1 rings (SSSR count). The van der Waals surface area contributed by atoms with Crippen LogP contribution in [0.4, 0.5) is 4.39 Å². The predicted octanol–water partition coefficient (Wildman–Crippen LogP) is 2.74. The van der Waals surface area contributed by atoms with Crippen molar-refractivity contribution in [1.82, 2.24) is 4.90 Å². The molecule has 0 aliphatic heterocycles. The zero-order valence-electron chi connectivity index (χ0n) is 8.72. The Morgan fingerprint density at radius 3 is 2.80 bits per heavy atom. The maximum absolute atomic E-state index is 13.3. The third-order valence-corrected chi connectivity index (χ3v) is 2.46. The van der Waals surface area contributed by atoms with Gasteiger partial charge >= 0.3 is 0 Å². The van der Waals surface area contributed by atoms with E-state index in [1.54, 1.807) is 24.9 Å². The predicted molar refractivity (Wildman–Crippen MR) is 58.1 cm³/mol. The van der Waals surface area contributed by atoms with E-state index in [1.165, 1.54) is 6.07 Å². The molecule has 0 unspecified atom stereocenters. The molecule has 1 aromatic carbocycles. The summed E-state index contributed by atoms with van der Waals surface area (Å²) < 4.78 is 13.3. The van der Waals surface area contributed by atoms with E-state index in [2.05, 4.69) is 0 Å². The minimum Gasteiger partial charge on any atom is -0.289 e. The zero-order valence-corrected chi connectivity index (χ0v) is 9.48. The summed E-state index contributed by atoms with van der Waals surface area (Å²) in [7, 11) is 1.79. The molecular weight excluding hydrogens is 215 g/mol. The second kappa shape index (κ2) is 5.11. The van der Waals surface area contributed by atoms with Gasteiger partial charge in [0.25, 0.3) is 0 Å². The van der Waals surface area contributed by atoms with E-state index in [9.17, 15) is 4.39 Å². The van der Waals surface area contributed by atoms with Crippen LogP contribution in [-0.2, 0) is 6.54 Å². The maximum Gasteiger partial charge on any atom is 0.126 e. The molecule has 0 fully saturated rings. The summed E-state index contributed by atoms with van der Waals surface area (Å²) in [6.07, 6.45) is 0. The highest BCUT2D eigenvalue weighted by Crippen LogP contribution is 2.21. The Morgan fingerprint density at radius 2 is 2.20 bits per heavy atom. The van der Waals surface area contributed by atoms with Crippen LogP contribution in [0.1, 0.15) is 11.1 Å². The third-order valence-electron chi connectivity index (χ3n) is 2.11. The van der Waals surface area contributed by atoms with Gasteiger partial charge in [0.1, 0.15) is 5.82 Å². The smallest absolute Gasteiger partial charge is 0.126 e. The van der Waals surface area contributed by atoms with Crippen LogP contribution in [0.25, 0.3) is 0 Å². The Morgan fingerprint density at radius 1 is 1.53 bits per heavy atom. The molecule has 0 spiro atoms. The van der Waals surface area contributed by atoms with Crippen LogP contribution >= 0.6 is 11.6 Å². The van der Waals surface area contributed by atoms with Gasteiger partial charge in [-0.1, -0.05) is 11.6 Å². The van der Waals surface area contributed by atoms with Gasteiger partial charge in [-0.05, 0) is 37.2 Å². The molecule has 0 aliphatic carbocycles. The molecule has 0 N–H and O–H groups in total. The quantitative estimate of drug-likeness (QED) is 0.741. The highest BCUT2D eigenvalue weighted by molar-refractivity contribution is 6.31. The summed E-state index contributed by atoms with van der Waals surface area (Å²) in [5, 5.41) is 9.02. The van der Waals surface area contributed by atoms with Crippen molar-refractivity contribution in [3.63, 3.8) is 0 Å². The average molecular weight is 227 g/mol.